The molecule has 0 unspecified atom stereocenters. The fourth-order valence-corrected chi connectivity index (χ4v) is 3.11. The highest BCUT2D eigenvalue weighted by Crippen LogP contribution is 2.23. The van der Waals surface area contributed by atoms with Crippen LogP contribution in [0.1, 0.15) is 21.8 Å². The number of thioether (sulfide) groups is 1. The van der Waals surface area contributed by atoms with Crippen molar-refractivity contribution >= 4 is 17.7 Å². The highest BCUT2D eigenvalue weighted by molar-refractivity contribution is 7.98. The summed E-state index contributed by atoms with van der Waals surface area (Å²) in [5, 5.41) is 0.669. The number of imidazole rings is 1. The first-order chi connectivity index (χ1) is 12.0. The summed E-state index contributed by atoms with van der Waals surface area (Å²) in [5.74, 6) is 0.296. The highest BCUT2D eigenvalue weighted by atomic mass is 32.2. The fraction of sp³-hybridized carbons (Fsp3) is 0.222. The molecular weight excluding hydrogens is 341 g/mol. The van der Waals surface area contributed by atoms with Crippen LogP contribution in [0.2, 0.25) is 0 Å². The Morgan fingerprint density at radius 3 is 2.64 bits per heavy atom. The molecule has 1 aromatic carbocycles. The van der Waals surface area contributed by atoms with Crippen LogP contribution < -0.4 is 0 Å². The van der Waals surface area contributed by atoms with Crippen molar-refractivity contribution in [3.8, 4) is 5.69 Å². The van der Waals surface area contributed by atoms with Gasteiger partial charge in [0.2, 0.25) is 0 Å². The van der Waals surface area contributed by atoms with Gasteiger partial charge in [0, 0.05) is 24.8 Å². The van der Waals surface area contributed by atoms with E-state index in [1.807, 2.05) is 19.2 Å². The molecule has 25 heavy (non-hydrogen) atoms. The van der Waals surface area contributed by atoms with E-state index in [1.165, 1.54) is 23.9 Å². The van der Waals surface area contributed by atoms with Crippen molar-refractivity contribution in [3.63, 3.8) is 0 Å². The van der Waals surface area contributed by atoms with Gasteiger partial charge < -0.3 is 9.32 Å². The predicted molar refractivity (Wildman–Crippen MR) is 94.5 cm³/mol. The van der Waals surface area contributed by atoms with Gasteiger partial charge in [0.1, 0.15) is 17.3 Å². The van der Waals surface area contributed by atoms with Crippen LogP contribution in [0.3, 0.4) is 0 Å². The first-order valence-corrected chi connectivity index (χ1v) is 8.90. The third-order valence-electron chi connectivity index (χ3n) is 3.94. The van der Waals surface area contributed by atoms with Crippen LogP contribution in [-0.2, 0) is 6.54 Å². The lowest BCUT2D eigenvalue weighted by atomic mass is 10.2. The van der Waals surface area contributed by atoms with Crippen LogP contribution in [0, 0.1) is 12.7 Å². The van der Waals surface area contributed by atoms with Crippen LogP contribution in [-0.4, -0.2) is 33.7 Å². The first-order valence-electron chi connectivity index (χ1n) is 7.67. The lowest BCUT2D eigenvalue weighted by Crippen LogP contribution is -2.28. The van der Waals surface area contributed by atoms with Crippen molar-refractivity contribution in [1.82, 2.24) is 14.5 Å². The Morgan fingerprint density at radius 1 is 1.32 bits per heavy atom. The minimum absolute atomic E-state index is 0.169. The van der Waals surface area contributed by atoms with E-state index in [4.69, 9.17) is 4.42 Å². The van der Waals surface area contributed by atoms with Crippen molar-refractivity contribution in [1.29, 1.82) is 0 Å². The molecule has 7 heteroatoms. The number of carbonyl (C=O) groups is 1. The van der Waals surface area contributed by atoms with E-state index < -0.39 is 0 Å². The quantitative estimate of drug-likeness (QED) is 0.648. The lowest BCUT2D eigenvalue weighted by molar-refractivity contribution is 0.0776. The summed E-state index contributed by atoms with van der Waals surface area (Å²) in [6.07, 6.45) is 5.04. The summed E-state index contributed by atoms with van der Waals surface area (Å²) < 4.78 is 20.3. The van der Waals surface area contributed by atoms with Crippen molar-refractivity contribution in [3.05, 3.63) is 65.6 Å². The molecule has 0 aliphatic heterocycles. The van der Waals surface area contributed by atoms with Gasteiger partial charge in [-0.25, -0.2) is 9.37 Å². The van der Waals surface area contributed by atoms with Gasteiger partial charge in [-0.1, -0.05) is 11.8 Å². The van der Waals surface area contributed by atoms with Crippen molar-refractivity contribution < 1.29 is 13.6 Å². The summed E-state index contributed by atoms with van der Waals surface area (Å²) >= 11 is 1.42. The second-order valence-electron chi connectivity index (χ2n) is 5.61. The van der Waals surface area contributed by atoms with Gasteiger partial charge in [0.25, 0.3) is 5.91 Å². The Bertz CT molecular complexity index is 886. The minimum atomic E-state index is -0.324. The van der Waals surface area contributed by atoms with Crippen molar-refractivity contribution in [2.24, 2.45) is 0 Å². The number of hydrogen-bond acceptors (Lipinski definition) is 4. The zero-order valence-electron chi connectivity index (χ0n) is 14.2. The van der Waals surface area contributed by atoms with Gasteiger partial charge >= 0.3 is 0 Å². The van der Waals surface area contributed by atoms with E-state index in [-0.39, 0.29) is 11.7 Å². The number of hydrogen-bond donors (Lipinski definition) is 0. The summed E-state index contributed by atoms with van der Waals surface area (Å²) in [5.41, 5.74) is 2.08. The number of furan rings is 1. The molecule has 5 nitrogen and oxygen atoms in total. The van der Waals surface area contributed by atoms with Gasteiger partial charge in [-0.2, -0.15) is 0 Å². The Kier molecular flexibility index (Phi) is 4.94. The highest BCUT2D eigenvalue weighted by Gasteiger charge is 2.21. The van der Waals surface area contributed by atoms with Gasteiger partial charge in [0.05, 0.1) is 12.5 Å². The molecule has 0 aliphatic rings. The predicted octanol–water partition coefficient (Wildman–Crippen LogP) is 3.91. The normalized spacial score (nSPS) is 10.9. The lowest BCUT2D eigenvalue weighted by Gasteiger charge is -2.18. The second-order valence-corrected chi connectivity index (χ2v) is 6.38. The van der Waals surface area contributed by atoms with Crippen LogP contribution >= 0.6 is 11.8 Å². The molecule has 3 aromatic rings. The smallest absolute Gasteiger partial charge is 0.272 e. The summed E-state index contributed by atoms with van der Waals surface area (Å²) in [7, 11) is 1.73. The van der Waals surface area contributed by atoms with E-state index in [2.05, 4.69) is 4.98 Å². The molecule has 0 bridgehead atoms. The topological polar surface area (TPSA) is 51.3 Å². The maximum Gasteiger partial charge on any atom is 0.272 e. The number of amides is 1. The van der Waals surface area contributed by atoms with Gasteiger partial charge in [0.15, 0.2) is 5.16 Å². The standard InChI is InChI=1S/C18H18FN3O2S/c1-12-13(8-9-24-12)11-21(2)17(23)16-10-20-18(25-3)22(16)15-6-4-14(19)5-7-15/h4-10H,11H2,1-3H3. The maximum atomic E-state index is 13.2. The van der Waals surface area contributed by atoms with Crippen molar-refractivity contribution in [2.75, 3.05) is 13.3 Å². The average molecular weight is 359 g/mol. The SMILES string of the molecule is CSc1ncc(C(=O)N(C)Cc2ccoc2C)n1-c1ccc(F)cc1. The van der Waals surface area contributed by atoms with Gasteiger partial charge in [-0.3, -0.25) is 9.36 Å². The molecular formula is C18H18FN3O2S. The molecule has 0 atom stereocenters. The number of rotatable bonds is 5. The van der Waals surface area contributed by atoms with E-state index in [0.717, 1.165) is 11.3 Å². The zero-order valence-corrected chi connectivity index (χ0v) is 15.0. The van der Waals surface area contributed by atoms with Crippen LogP contribution in [0.15, 0.2) is 52.4 Å². The number of carbonyl (C=O) groups excluding carboxylic acids is 1. The average Bonchev–Trinajstić information content (AvgIpc) is 3.21. The Morgan fingerprint density at radius 2 is 2.04 bits per heavy atom. The largest absolute Gasteiger partial charge is 0.469 e. The number of nitrogens with zero attached hydrogens (tertiary/aromatic N) is 3. The number of benzene rings is 1. The molecule has 130 valence electrons. The molecule has 3 rings (SSSR count). The molecule has 0 fully saturated rings. The molecule has 0 aliphatic carbocycles. The minimum Gasteiger partial charge on any atom is -0.469 e. The number of aromatic nitrogens is 2. The molecule has 1 amide bonds. The third kappa shape index (κ3) is 3.46. The summed E-state index contributed by atoms with van der Waals surface area (Å²) in [6, 6.07) is 7.85. The maximum absolute atomic E-state index is 13.2. The van der Waals surface area contributed by atoms with Gasteiger partial charge in [-0.05, 0) is 43.5 Å². The molecule has 2 heterocycles. The summed E-state index contributed by atoms with van der Waals surface area (Å²) in [6.45, 7) is 2.30. The number of halogens is 1. The molecule has 0 saturated heterocycles. The Hall–Kier alpha value is -2.54. The van der Waals surface area contributed by atoms with Crippen LogP contribution in [0.25, 0.3) is 5.69 Å². The molecule has 0 N–H and O–H groups in total. The number of aryl methyl sites for hydroxylation is 1. The first kappa shape index (κ1) is 17.3. The zero-order chi connectivity index (χ0) is 18.0. The van der Waals surface area contributed by atoms with E-state index in [0.29, 0.717) is 23.1 Å². The molecule has 0 saturated carbocycles. The second kappa shape index (κ2) is 7.14. The van der Waals surface area contributed by atoms with E-state index in [9.17, 15) is 9.18 Å². The molecule has 0 radical (unpaired) electrons. The van der Waals surface area contributed by atoms with Crippen LogP contribution in [0.5, 0.6) is 0 Å². The van der Waals surface area contributed by atoms with Crippen LogP contribution in [0.4, 0.5) is 4.39 Å². The third-order valence-corrected chi connectivity index (χ3v) is 4.59. The van der Waals surface area contributed by atoms with Crippen molar-refractivity contribution in [2.45, 2.75) is 18.6 Å². The Labute approximate surface area is 149 Å². The van der Waals surface area contributed by atoms with E-state index in [1.54, 1.807) is 41.1 Å². The molecule has 2 aromatic heterocycles. The fourth-order valence-electron chi connectivity index (χ4n) is 2.57. The van der Waals surface area contributed by atoms with Gasteiger partial charge in [-0.15, -0.1) is 0 Å². The van der Waals surface area contributed by atoms with E-state index >= 15 is 0 Å². The Balaban J connectivity index is 1.94. The molecule has 0 spiro atoms. The summed E-state index contributed by atoms with van der Waals surface area (Å²) in [4.78, 5) is 18.9. The monoisotopic (exact) mass is 359 g/mol.